The van der Waals surface area contributed by atoms with E-state index >= 15 is 0 Å². The molecular weight excluding hydrogens is 294 g/mol. The Morgan fingerprint density at radius 2 is 2.05 bits per heavy atom. The van der Waals surface area contributed by atoms with Crippen molar-refractivity contribution in [2.45, 2.75) is 19.4 Å². The van der Waals surface area contributed by atoms with E-state index in [0.717, 1.165) is 5.56 Å². The minimum absolute atomic E-state index is 0.0667. The van der Waals surface area contributed by atoms with Crippen molar-refractivity contribution in [3.05, 3.63) is 34.9 Å². The van der Waals surface area contributed by atoms with Crippen molar-refractivity contribution in [3.8, 4) is 0 Å². The Morgan fingerprint density at radius 1 is 1.33 bits per heavy atom. The Morgan fingerprint density at radius 3 is 2.71 bits per heavy atom. The lowest BCUT2D eigenvalue weighted by molar-refractivity contribution is -0.133. The van der Waals surface area contributed by atoms with Gasteiger partial charge >= 0.3 is 0 Å². The molecule has 112 valence electrons. The van der Waals surface area contributed by atoms with Crippen LogP contribution in [0.1, 0.15) is 18.9 Å². The zero-order chi connectivity index (χ0) is 15.2. The van der Waals surface area contributed by atoms with Gasteiger partial charge in [0.05, 0.1) is 12.3 Å². The van der Waals surface area contributed by atoms with Crippen molar-refractivity contribution in [2.75, 3.05) is 13.1 Å². The van der Waals surface area contributed by atoms with Crippen LogP contribution >= 0.6 is 11.6 Å². The monoisotopic (exact) mass is 309 g/mol. The summed E-state index contributed by atoms with van der Waals surface area (Å²) in [6.45, 7) is 2.27. The smallest absolute Gasteiger partial charge is 0.264 e. The molecule has 1 aromatic rings. The molecule has 0 spiro atoms. The molecule has 0 fully saturated rings. The first-order chi connectivity index (χ1) is 10.1. The summed E-state index contributed by atoms with van der Waals surface area (Å²) in [6.07, 6.45) is -0.340. The standard InChI is InChI=1S/C14H16ClN3O3/c1-2-16-13(19)8-17-14(20)12-7-11(18-21-12)9-3-5-10(15)6-4-9/h3-6,12H,2,7-8H2,1H3,(H,16,19)(H,17,20)/t12-/m1/s1. The molecule has 7 heteroatoms. The zero-order valence-electron chi connectivity index (χ0n) is 11.6. The van der Waals surface area contributed by atoms with Gasteiger partial charge in [-0.25, -0.2) is 0 Å². The number of nitrogens with one attached hydrogen (secondary N) is 2. The van der Waals surface area contributed by atoms with Crippen LogP contribution in [0, 0.1) is 0 Å². The Balaban J connectivity index is 1.85. The van der Waals surface area contributed by atoms with Gasteiger partial charge in [-0.3, -0.25) is 9.59 Å². The van der Waals surface area contributed by atoms with Crippen LogP contribution in [0.4, 0.5) is 0 Å². The average molecular weight is 310 g/mol. The van der Waals surface area contributed by atoms with E-state index in [-0.39, 0.29) is 18.4 Å². The quantitative estimate of drug-likeness (QED) is 0.854. The van der Waals surface area contributed by atoms with E-state index in [1.807, 2.05) is 19.1 Å². The highest BCUT2D eigenvalue weighted by Crippen LogP contribution is 2.18. The van der Waals surface area contributed by atoms with Crippen molar-refractivity contribution >= 4 is 29.1 Å². The summed E-state index contributed by atoms with van der Waals surface area (Å²) in [5.41, 5.74) is 1.54. The van der Waals surface area contributed by atoms with E-state index in [1.165, 1.54) is 0 Å². The van der Waals surface area contributed by atoms with E-state index in [9.17, 15) is 9.59 Å². The predicted octanol–water partition coefficient (Wildman–Crippen LogP) is 1.09. The highest BCUT2D eigenvalue weighted by Gasteiger charge is 2.28. The summed E-state index contributed by atoms with van der Waals surface area (Å²) in [6, 6.07) is 7.14. The molecule has 1 aliphatic rings. The Bertz CT molecular complexity index is 557. The second-order valence-electron chi connectivity index (χ2n) is 4.51. The van der Waals surface area contributed by atoms with E-state index in [2.05, 4.69) is 15.8 Å². The summed E-state index contributed by atoms with van der Waals surface area (Å²) in [5, 5.41) is 9.66. The number of rotatable bonds is 5. The van der Waals surface area contributed by atoms with Crippen molar-refractivity contribution < 1.29 is 14.4 Å². The molecule has 0 radical (unpaired) electrons. The maximum Gasteiger partial charge on any atom is 0.264 e. The lowest BCUT2D eigenvalue weighted by Crippen LogP contribution is -2.41. The van der Waals surface area contributed by atoms with Crippen LogP contribution in [0.15, 0.2) is 29.4 Å². The third kappa shape index (κ3) is 4.19. The molecule has 0 aromatic heterocycles. The summed E-state index contributed by atoms with van der Waals surface area (Å²) >= 11 is 5.82. The van der Waals surface area contributed by atoms with Crippen LogP contribution < -0.4 is 10.6 Å². The highest BCUT2D eigenvalue weighted by molar-refractivity contribution is 6.30. The SMILES string of the molecule is CCNC(=O)CNC(=O)[C@H]1CC(c2ccc(Cl)cc2)=NO1. The Kier molecular flexibility index (Phi) is 5.16. The molecule has 1 atom stereocenters. The average Bonchev–Trinajstić information content (AvgIpc) is 2.96. The predicted molar refractivity (Wildman–Crippen MR) is 79.2 cm³/mol. The first-order valence-electron chi connectivity index (χ1n) is 6.63. The van der Waals surface area contributed by atoms with Gasteiger partial charge in [-0.2, -0.15) is 0 Å². The molecule has 21 heavy (non-hydrogen) atoms. The maximum atomic E-state index is 11.9. The second-order valence-corrected chi connectivity index (χ2v) is 4.95. The number of hydrogen-bond acceptors (Lipinski definition) is 4. The Hall–Kier alpha value is -2.08. The number of benzene rings is 1. The normalized spacial score (nSPS) is 16.9. The molecule has 0 saturated heterocycles. The molecule has 2 N–H and O–H groups in total. The van der Waals surface area contributed by atoms with Gasteiger partial charge in [-0.15, -0.1) is 0 Å². The number of carbonyl (C=O) groups excluding carboxylic acids is 2. The molecule has 0 saturated carbocycles. The highest BCUT2D eigenvalue weighted by atomic mass is 35.5. The minimum atomic E-state index is -0.704. The molecule has 1 aliphatic heterocycles. The topological polar surface area (TPSA) is 79.8 Å². The molecule has 2 amide bonds. The molecule has 6 nitrogen and oxygen atoms in total. The van der Waals surface area contributed by atoms with Crippen LogP contribution in [-0.4, -0.2) is 36.7 Å². The second kappa shape index (κ2) is 7.08. The summed E-state index contributed by atoms with van der Waals surface area (Å²) in [7, 11) is 0. The van der Waals surface area contributed by atoms with Gasteiger partial charge in [0, 0.05) is 18.0 Å². The third-order valence-electron chi connectivity index (χ3n) is 2.94. The van der Waals surface area contributed by atoms with Gasteiger partial charge < -0.3 is 15.5 Å². The number of hydrogen-bond donors (Lipinski definition) is 2. The van der Waals surface area contributed by atoms with Crippen molar-refractivity contribution in [1.29, 1.82) is 0 Å². The minimum Gasteiger partial charge on any atom is -0.382 e. The molecular formula is C14H16ClN3O3. The summed E-state index contributed by atoms with van der Waals surface area (Å²) in [4.78, 5) is 28.3. The van der Waals surface area contributed by atoms with Crippen LogP contribution in [0.3, 0.4) is 0 Å². The van der Waals surface area contributed by atoms with Gasteiger partial charge in [0.15, 0.2) is 0 Å². The van der Waals surface area contributed by atoms with Gasteiger partial charge in [0.1, 0.15) is 0 Å². The van der Waals surface area contributed by atoms with Crippen molar-refractivity contribution in [3.63, 3.8) is 0 Å². The number of oxime groups is 1. The van der Waals surface area contributed by atoms with Gasteiger partial charge in [-0.05, 0) is 24.6 Å². The molecule has 0 aliphatic carbocycles. The van der Waals surface area contributed by atoms with E-state index in [1.54, 1.807) is 12.1 Å². The van der Waals surface area contributed by atoms with Gasteiger partial charge in [0.2, 0.25) is 12.0 Å². The number of carbonyl (C=O) groups is 2. The fourth-order valence-corrected chi connectivity index (χ4v) is 2.00. The fourth-order valence-electron chi connectivity index (χ4n) is 1.87. The van der Waals surface area contributed by atoms with Crippen molar-refractivity contribution in [1.82, 2.24) is 10.6 Å². The van der Waals surface area contributed by atoms with E-state index < -0.39 is 6.10 Å². The van der Waals surface area contributed by atoms with Crippen LogP contribution in [0.25, 0.3) is 0 Å². The first kappa shape index (κ1) is 15.3. The molecule has 1 aromatic carbocycles. The fraction of sp³-hybridized carbons (Fsp3) is 0.357. The summed E-state index contributed by atoms with van der Waals surface area (Å²) in [5.74, 6) is -0.586. The molecule has 0 unspecified atom stereocenters. The van der Waals surface area contributed by atoms with Gasteiger partial charge in [0.25, 0.3) is 5.91 Å². The largest absolute Gasteiger partial charge is 0.382 e. The first-order valence-corrected chi connectivity index (χ1v) is 7.01. The van der Waals surface area contributed by atoms with Crippen molar-refractivity contribution in [2.24, 2.45) is 5.16 Å². The van der Waals surface area contributed by atoms with E-state index in [0.29, 0.717) is 23.7 Å². The number of halogens is 1. The lowest BCUT2D eigenvalue weighted by Gasteiger charge is -2.09. The lowest BCUT2D eigenvalue weighted by atomic mass is 10.0. The third-order valence-corrected chi connectivity index (χ3v) is 3.19. The van der Waals surface area contributed by atoms with Crippen LogP contribution in [0.5, 0.6) is 0 Å². The number of nitrogens with zero attached hydrogens (tertiary/aromatic N) is 1. The van der Waals surface area contributed by atoms with Crippen LogP contribution in [-0.2, 0) is 14.4 Å². The maximum absolute atomic E-state index is 11.9. The summed E-state index contributed by atoms with van der Waals surface area (Å²) < 4.78 is 0. The van der Waals surface area contributed by atoms with Crippen LogP contribution in [0.2, 0.25) is 5.02 Å². The molecule has 0 bridgehead atoms. The molecule has 2 rings (SSSR count). The number of likely N-dealkylation sites (N-methyl/N-ethyl adjacent to an activating group) is 1. The zero-order valence-corrected chi connectivity index (χ0v) is 12.3. The Labute approximate surface area is 127 Å². The van der Waals surface area contributed by atoms with Gasteiger partial charge in [-0.1, -0.05) is 28.9 Å². The van der Waals surface area contributed by atoms with E-state index in [4.69, 9.17) is 16.4 Å². The number of amides is 2. The molecule has 1 heterocycles.